The summed E-state index contributed by atoms with van der Waals surface area (Å²) in [6.07, 6.45) is 0.0792. The van der Waals surface area contributed by atoms with Crippen LogP contribution >= 0.6 is 0 Å². The second kappa shape index (κ2) is 5.11. The van der Waals surface area contributed by atoms with Crippen molar-refractivity contribution >= 4 is 0 Å². The molecule has 0 amide bonds. The van der Waals surface area contributed by atoms with E-state index in [-0.39, 0.29) is 6.42 Å². The average Bonchev–Trinajstić information content (AvgIpc) is 2.51. The molecule has 3 rings (SSSR count). The Labute approximate surface area is 126 Å². The predicted molar refractivity (Wildman–Crippen MR) is 78.4 cm³/mol. The average molecular weight is 308 g/mol. The van der Waals surface area contributed by atoms with E-state index in [4.69, 9.17) is 0 Å². The summed E-state index contributed by atoms with van der Waals surface area (Å²) in [7, 11) is 0. The molecule has 0 spiro atoms. The highest BCUT2D eigenvalue weighted by Gasteiger charge is 2.59. The fraction of sp³-hybridized carbons (Fsp3) is 0.333. The van der Waals surface area contributed by atoms with E-state index in [9.17, 15) is 17.6 Å². The molecule has 0 radical (unpaired) electrons. The van der Waals surface area contributed by atoms with Gasteiger partial charge in [0, 0.05) is 12.0 Å². The van der Waals surface area contributed by atoms with E-state index in [1.807, 2.05) is 24.3 Å². The molecule has 0 bridgehead atoms. The summed E-state index contributed by atoms with van der Waals surface area (Å²) in [5.74, 6) is -8.06. The standard InChI is InChI=1S/C18H16F4/c1-2-12-3-5-13(6-4-12)14-7-8-16-15(11-14)9-10-17(19,20)18(16,21)22/h3-8,11H,2,9-10H2,1H3. The van der Waals surface area contributed by atoms with Crippen molar-refractivity contribution in [2.45, 2.75) is 38.0 Å². The summed E-state index contributed by atoms with van der Waals surface area (Å²) in [5, 5.41) is 0. The van der Waals surface area contributed by atoms with E-state index < -0.39 is 23.8 Å². The van der Waals surface area contributed by atoms with Gasteiger partial charge in [-0.05, 0) is 35.1 Å². The Kier molecular flexibility index (Phi) is 3.50. The highest BCUT2D eigenvalue weighted by Crippen LogP contribution is 2.50. The van der Waals surface area contributed by atoms with Crippen molar-refractivity contribution in [3.63, 3.8) is 0 Å². The lowest BCUT2D eigenvalue weighted by Crippen LogP contribution is -2.42. The zero-order chi connectivity index (χ0) is 16.0. The van der Waals surface area contributed by atoms with Crippen LogP contribution in [0.15, 0.2) is 42.5 Å². The number of rotatable bonds is 2. The van der Waals surface area contributed by atoms with Crippen LogP contribution in [-0.4, -0.2) is 5.92 Å². The van der Waals surface area contributed by atoms with Crippen LogP contribution in [0, 0.1) is 0 Å². The fourth-order valence-electron chi connectivity index (χ4n) is 2.87. The summed E-state index contributed by atoms with van der Waals surface area (Å²) in [5.41, 5.74) is 2.64. The monoisotopic (exact) mass is 308 g/mol. The Balaban J connectivity index is 2.01. The number of hydrogen-bond acceptors (Lipinski definition) is 0. The number of hydrogen-bond donors (Lipinski definition) is 0. The third-order valence-electron chi connectivity index (χ3n) is 4.31. The second-order valence-electron chi connectivity index (χ2n) is 5.70. The van der Waals surface area contributed by atoms with Crippen LogP contribution in [0.2, 0.25) is 0 Å². The van der Waals surface area contributed by atoms with Crippen molar-refractivity contribution in [2.75, 3.05) is 0 Å². The Hall–Kier alpha value is -1.84. The molecule has 0 N–H and O–H groups in total. The van der Waals surface area contributed by atoms with Crippen LogP contribution in [0.5, 0.6) is 0 Å². The largest absolute Gasteiger partial charge is 0.335 e. The van der Waals surface area contributed by atoms with E-state index in [1.54, 1.807) is 6.07 Å². The minimum atomic E-state index is -4.09. The van der Waals surface area contributed by atoms with Gasteiger partial charge in [0.25, 0.3) is 0 Å². The summed E-state index contributed by atoms with van der Waals surface area (Å²) in [4.78, 5) is 0. The molecule has 0 aliphatic heterocycles. The number of halogens is 4. The van der Waals surface area contributed by atoms with Crippen LogP contribution in [0.4, 0.5) is 17.6 Å². The Morgan fingerprint density at radius 2 is 1.55 bits per heavy atom. The lowest BCUT2D eigenvalue weighted by Gasteiger charge is -2.33. The van der Waals surface area contributed by atoms with Gasteiger partial charge in [-0.3, -0.25) is 0 Å². The predicted octanol–water partition coefficient (Wildman–Crippen LogP) is 5.59. The maximum Gasteiger partial charge on any atom is 0.335 e. The summed E-state index contributed by atoms with van der Waals surface area (Å²) in [6, 6.07) is 12.1. The maximum absolute atomic E-state index is 13.9. The quantitative estimate of drug-likeness (QED) is 0.634. The zero-order valence-corrected chi connectivity index (χ0v) is 12.2. The van der Waals surface area contributed by atoms with Crippen LogP contribution < -0.4 is 0 Å². The van der Waals surface area contributed by atoms with Crippen molar-refractivity contribution in [1.82, 2.24) is 0 Å². The van der Waals surface area contributed by atoms with Crippen molar-refractivity contribution in [3.05, 3.63) is 59.2 Å². The van der Waals surface area contributed by atoms with E-state index in [1.165, 1.54) is 11.6 Å². The molecule has 0 saturated carbocycles. The van der Waals surface area contributed by atoms with Crippen LogP contribution in [0.1, 0.15) is 30.0 Å². The van der Waals surface area contributed by atoms with Crippen molar-refractivity contribution < 1.29 is 17.6 Å². The molecule has 2 aromatic rings. The lowest BCUT2D eigenvalue weighted by molar-refractivity contribution is -0.224. The van der Waals surface area contributed by atoms with Gasteiger partial charge in [-0.1, -0.05) is 49.4 Å². The zero-order valence-electron chi connectivity index (χ0n) is 12.2. The number of benzene rings is 2. The SMILES string of the molecule is CCc1ccc(-c2ccc3c(c2)CCC(F)(F)C3(F)F)cc1. The molecular formula is C18H16F4. The minimum absolute atomic E-state index is 0.0290. The van der Waals surface area contributed by atoms with Gasteiger partial charge in [0.1, 0.15) is 0 Å². The topological polar surface area (TPSA) is 0 Å². The summed E-state index contributed by atoms with van der Waals surface area (Å²) >= 11 is 0. The van der Waals surface area contributed by atoms with Gasteiger partial charge in [0.05, 0.1) is 0 Å². The number of fused-ring (bicyclic) bond motifs is 1. The van der Waals surface area contributed by atoms with Gasteiger partial charge in [-0.25, -0.2) is 0 Å². The molecule has 0 nitrogen and oxygen atoms in total. The number of alkyl halides is 4. The van der Waals surface area contributed by atoms with Crippen molar-refractivity contribution in [1.29, 1.82) is 0 Å². The van der Waals surface area contributed by atoms with Crippen molar-refractivity contribution in [3.8, 4) is 11.1 Å². The molecular weight excluding hydrogens is 292 g/mol. The molecule has 22 heavy (non-hydrogen) atoms. The van der Waals surface area contributed by atoms with E-state index >= 15 is 0 Å². The lowest BCUT2D eigenvalue weighted by atomic mass is 9.84. The number of aryl methyl sites for hydroxylation is 2. The third-order valence-corrected chi connectivity index (χ3v) is 4.31. The summed E-state index contributed by atoms with van der Waals surface area (Å²) < 4.78 is 54.6. The first-order valence-electron chi connectivity index (χ1n) is 7.33. The third kappa shape index (κ3) is 2.31. The first-order chi connectivity index (χ1) is 10.3. The Morgan fingerprint density at radius 1 is 0.909 bits per heavy atom. The first kappa shape index (κ1) is 15.1. The van der Waals surface area contributed by atoms with Gasteiger partial charge in [0.2, 0.25) is 0 Å². The smallest absolute Gasteiger partial charge is 0.199 e. The molecule has 0 aromatic heterocycles. The Bertz CT molecular complexity index is 687. The van der Waals surface area contributed by atoms with E-state index in [2.05, 4.69) is 6.92 Å². The molecule has 4 heteroatoms. The molecule has 2 aromatic carbocycles. The Morgan fingerprint density at radius 3 is 2.18 bits per heavy atom. The van der Waals surface area contributed by atoms with Gasteiger partial charge >= 0.3 is 11.8 Å². The van der Waals surface area contributed by atoms with E-state index in [0.29, 0.717) is 5.56 Å². The van der Waals surface area contributed by atoms with Gasteiger partial charge < -0.3 is 0 Å². The van der Waals surface area contributed by atoms with Crippen molar-refractivity contribution in [2.24, 2.45) is 0 Å². The van der Waals surface area contributed by atoms with Gasteiger partial charge in [-0.15, -0.1) is 0 Å². The van der Waals surface area contributed by atoms with Crippen LogP contribution in [0.25, 0.3) is 11.1 Å². The fourth-order valence-corrected chi connectivity index (χ4v) is 2.87. The molecule has 0 fully saturated rings. The highest BCUT2D eigenvalue weighted by atomic mass is 19.3. The van der Waals surface area contributed by atoms with E-state index in [0.717, 1.165) is 23.6 Å². The van der Waals surface area contributed by atoms with Gasteiger partial charge in [-0.2, -0.15) is 17.6 Å². The summed E-state index contributed by atoms with van der Waals surface area (Å²) in [6.45, 7) is 2.05. The van der Waals surface area contributed by atoms with Crippen LogP contribution in [0.3, 0.4) is 0 Å². The molecule has 0 heterocycles. The highest BCUT2D eigenvalue weighted by molar-refractivity contribution is 5.66. The molecule has 0 saturated heterocycles. The second-order valence-corrected chi connectivity index (χ2v) is 5.70. The molecule has 1 aliphatic carbocycles. The molecule has 0 unspecified atom stereocenters. The van der Waals surface area contributed by atoms with Gasteiger partial charge in [0.15, 0.2) is 0 Å². The molecule has 1 aliphatic rings. The minimum Gasteiger partial charge on any atom is -0.199 e. The maximum atomic E-state index is 13.9. The molecule has 0 atom stereocenters. The first-order valence-corrected chi connectivity index (χ1v) is 7.33. The van der Waals surface area contributed by atoms with Crippen LogP contribution in [-0.2, 0) is 18.8 Å². The normalized spacial score (nSPS) is 18.8. The molecule has 116 valence electrons.